The van der Waals surface area contributed by atoms with Crippen molar-refractivity contribution in [1.29, 1.82) is 0 Å². The molecular formula is C20H18ClFO2. The molecule has 24 heavy (non-hydrogen) atoms. The lowest BCUT2D eigenvalue weighted by Gasteiger charge is -2.11. The van der Waals surface area contributed by atoms with Gasteiger partial charge in [0.1, 0.15) is 11.6 Å². The van der Waals surface area contributed by atoms with E-state index in [-0.39, 0.29) is 16.3 Å². The van der Waals surface area contributed by atoms with Crippen molar-refractivity contribution in [2.45, 2.75) is 0 Å². The predicted molar refractivity (Wildman–Crippen MR) is 99.0 cm³/mol. The first-order valence-corrected chi connectivity index (χ1v) is 7.64. The lowest BCUT2D eigenvalue weighted by Crippen LogP contribution is -1.89. The molecule has 0 aliphatic rings. The molecule has 0 heterocycles. The van der Waals surface area contributed by atoms with Crippen LogP contribution in [0.15, 0.2) is 55.1 Å². The maximum Gasteiger partial charge on any atom is 0.135 e. The smallest absolute Gasteiger partial charge is 0.135 e. The Bertz CT molecular complexity index is 875. The Balaban J connectivity index is 0.000000647. The van der Waals surface area contributed by atoms with Crippen LogP contribution in [-0.4, -0.2) is 19.3 Å². The highest BCUT2D eigenvalue weighted by Crippen LogP contribution is 2.40. The number of fused-ring (bicyclic) bond motifs is 1. The highest BCUT2D eigenvalue weighted by molar-refractivity contribution is 6.35. The van der Waals surface area contributed by atoms with Crippen molar-refractivity contribution in [3.8, 4) is 16.9 Å². The second-order valence-electron chi connectivity index (χ2n) is 5.15. The lowest BCUT2D eigenvalue weighted by atomic mass is 9.96. The summed E-state index contributed by atoms with van der Waals surface area (Å²) in [5, 5.41) is 11.6. The normalized spacial score (nSPS) is 10.2. The van der Waals surface area contributed by atoms with E-state index in [4.69, 9.17) is 11.6 Å². The molecule has 0 fully saturated rings. The quantitative estimate of drug-likeness (QED) is 0.626. The van der Waals surface area contributed by atoms with Gasteiger partial charge in [0.2, 0.25) is 0 Å². The number of hydrogen-bond donors (Lipinski definition) is 1. The summed E-state index contributed by atoms with van der Waals surface area (Å²) in [5.41, 5.74) is 1.80. The SMILES string of the molecule is C=Cc1ccc2cccc(-c3c(F)ccc(O)c3Cl)c2c1.COC. The molecule has 2 nitrogen and oxygen atoms in total. The number of benzene rings is 3. The number of phenols is 1. The van der Waals surface area contributed by atoms with Crippen molar-refractivity contribution in [1.82, 2.24) is 0 Å². The Kier molecular flexibility index (Phi) is 5.96. The average Bonchev–Trinajstić information content (AvgIpc) is 2.59. The first kappa shape index (κ1) is 18.0. The molecule has 0 aliphatic heterocycles. The van der Waals surface area contributed by atoms with Gasteiger partial charge in [0, 0.05) is 19.8 Å². The highest BCUT2D eigenvalue weighted by Gasteiger charge is 2.15. The van der Waals surface area contributed by atoms with E-state index in [1.54, 1.807) is 26.4 Å². The van der Waals surface area contributed by atoms with E-state index in [0.29, 0.717) is 5.56 Å². The molecule has 0 aliphatic carbocycles. The molecule has 0 unspecified atom stereocenters. The standard InChI is InChI=1S/C18H12ClFO.C2H6O/c1-2-11-6-7-12-4-3-5-13(14(12)10-11)17-15(20)8-9-16(21)18(17)19;1-3-2/h2-10,21H,1H2;1-2H3. The van der Waals surface area contributed by atoms with E-state index >= 15 is 0 Å². The van der Waals surface area contributed by atoms with Crippen LogP contribution < -0.4 is 0 Å². The summed E-state index contributed by atoms with van der Waals surface area (Å²) < 4.78 is 18.5. The minimum Gasteiger partial charge on any atom is -0.506 e. The Labute approximate surface area is 145 Å². The number of phenolic OH excluding ortho intramolecular Hbond substituents is 1. The van der Waals surface area contributed by atoms with Gasteiger partial charge in [0.05, 0.1) is 5.02 Å². The van der Waals surface area contributed by atoms with Crippen LogP contribution in [0.1, 0.15) is 5.56 Å². The summed E-state index contributed by atoms with van der Waals surface area (Å²) in [6.07, 6.45) is 1.73. The Hall–Kier alpha value is -2.36. The van der Waals surface area contributed by atoms with Gasteiger partial charge < -0.3 is 9.84 Å². The van der Waals surface area contributed by atoms with Crippen molar-refractivity contribution in [2.24, 2.45) is 0 Å². The van der Waals surface area contributed by atoms with E-state index in [2.05, 4.69) is 11.3 Å². The molecule has 0 saturated heterocycles. The van der Waals surface area contributed by atoms with Gasteiger partial charge >= 0.3 is 0 Å². The molecular weight excluding hydrogens is 327 g/mol. The molecule has 0 atom stereocenters. The van der Waals surface area contributed by atoms with Crippen molar-refractivity contribution in [3.05, 3.63) is 71.5 Å². The van der Waals surface area contributed by atoms with E-state index in [1.165, 1.54) is 12.1 Å². The van der Waals surface area contributed by atoms with Gasteiger partial charge in [-0.1, -0.05) is 54.6 Å². The van der Waals surface area contributed by atoms with Crippen molar-refractivity contribution in [3.63, 3.8) is 0 Å². The Morgan fingerprint density at radius 3 is 2.50 bits per heavy atom. The third-order valence-corrected chi connectivity index (χ3v) is 3.86. The van der Waals surface area contributed by atoms with E-state index in [9.17, 15) is 9.50 Å². The van der Waals surface area contributed by atoms with Gasteiger partial charge in [-0.05, 0) is 40.1 Å². The monoisotopic (exact) mass is 344 g/mol. The van der Waals surface area contributed by atoms with Gasteiger partial charge in [-0.15, -0.1) is 0 Å². The zero-order valence-corrected chi connectivity index (χ0v) is 14.3. The van der Waals surface area contributed by atoms with Crippen LogP contribution in [0.2, 0.25) is 5.02 Å². The topological polar surface area (TPSA) is 29.5 Å². The van der Waals surface area contributed by atoms with E-state index in [0.717, 1.165) is 16.3 Å². The summed E-state index contributed by atoms with van der Waals surface area (Å²) in [6.45, 7) is 3.75. The van der Waals surface area contributed by atoms with Gasteiger partial charge in [0.15, 0.2) is 0 Å². The maximum atomic E-state index is 14.2. The predicted octanol–water partition coefficient (Wildman–Crippen LogP) is 5.91. The van der Waals surface area contributed by atoms with Crippen LogP contribution in [0.3, 0.4) is 0 Å². The number of aromatic hydroxyl groups is 1. The van der Waals surface area contributed by atoms with Crippen LogP contribution in [0.4, 0.5) is 4.39 Å². The first-order valence-electron chi connectivity index (χ1n) is 7.26. The highest BCUT2D eigenvalue weighted by atomic mass is 35.5. The van der Waals surface area contributed by atoms with Crippen LogP contribution in [0, 0.1) is 5.82 Å². The largest absolute Gasteiger partial charge is 0.506 e. The Morgan fingerprint density at radius 1 is 1.12 bits per heavy atom. The van der Waals surface area contributed by atoms with Gasteiger partial charge in [0.25, 0.3) is 0 Å². The van der Waals surface area contributed by atoms with Crippen LogP contribution in [0.25, 0.3) is 28.0 Å². The Morgan fingerprint density at radius 2 is 1.83 bits per heavy atom. The fraction of sp³-hybridized carbons (Fsp3) is 0.100. The molecule has 0 radical (unpaired) electrons. The molecule has 0 spiro atoms. The second kappa shape index (κ2) is 7.95. The van der Waals surface area contributed by atoms with Crippen molar-refractivity contribution >= 4 is 28.4 Å². The summed E-state index contributed by atoms with van der Waals surface area (Å²) in [5.74, 6) is -0.598. The minimum absolute atomic E-state index is 0.0199. The molecule has 0 bridgehead atoms. The van der Waals surface area contributed by atoms with Crippen LogP contribution >= 0.6 is 11.6 Å². The molecule has 0 amide bonds. The molecule has 4 heteroatoms. The molecule has 124 valence electrons. The molecule has 1 N–H and O–H groups in total. The zero-order valence-electron chi connectivity index (χ0n) is 13.5. The number of methoxy groups -OCH3 is 1. The van der Waals surface area contributed by atoms with Gasteiger partial charge in [-0.3, -0.25) is 0 Å². The summed E-state index contributed by atoms with van der Waals surface area (Å²) in [7, 11) is 3.25. The second-order valence-corrected chi connectivity index (χ2v) is 5.53. The maximum absolute atomic E-state index is 14.2. The minimum atomic E-state index is -0.464. The third kappa shape index (κ3) is 3.58. The van der Waals surface area contributed by atoms with Crippen LogP contribution in [-0.2, 0) is 4.74 Å². The van der Waals surface area contributed by atoms with Gasteiger partial charge in [-0.25, -0.2) is 4.39 Å². The summed E-state index contributed by atoms with van der Waals surface area (Å²) >= 11 is 6.10. The average molecular weight is 345 g/mol. The lowest BCUT2D eigenvalue weighted by molar-refractivity contribution is 0.277. The first-order chi connectivity index (χ1) is 11.5. The molecule has 0 saturated carbocycles. The molecule has 0 aromatic heterocycles. The third-order valence-electron chi connectivity index (χ3n) is 3.48. The van der Waals surface area contributed by atoms with E-state index < -0.39 is 5.82 Å². The fourth-order valence-corrected chi connectivity index (χ4v) is 2.68. The number of ether oxygens (including phenoxy) is 1. The fourth-order valence-electron chi connectivity index (χ4n) is 2.42. The molecule has 3 rings (SSSR count). The number of hydrogen-bond acceptors (Lipinski definition) is 2. The van der Waals surface area contributed by atoms with E-state index in [1.807, 2.05) is 30.3 Å². The summed E-state index contributed by atoms with van der Waals surface area (Å²) in [4.78, 5) is 0. The zero-order chi connectivity index (χ0) is 17.7. The van der Waals surface area contributed by atoms with Gasteiger partial charge in [-0.2, -0.15) is 0 Å². The number of halogens is 2. The van der Waals surface area contributed by atoms with Crippen molar-refractivity contribution in [2.75, 3.05) is 14.2 Å². The molecule has 3 aromatic carbocycles. The summed E-state index contributed by atoms with van der Waals surface area (Å²) in [6, 6.07) is 13.9. The number of rotatable bonds is 2. The van der Waals surface area contributed by atoms with Crippen LogP contribution in [0.5, 0.6) is 5.75 Å². The van der Waals surface area contributed by atoms with Crippen molar-refractivity contribution < 1.29 is 14.2 Å². The molecule has 3 aromatic rings.